The van der Waals surface area contributed by atoms with Crippen LogP contribution in [0.25, 0.3) is 5.69 Å². The molecular formula is C12H9N2O5+. The molecule has 0 bridgehead atoms. The maximum absolute atomic E-state index is 11.1. The van der Waals surface area contributed by atoms with Crippen molar-refractivity contribution in [3.8, 4) is 11.4 Å². The number of nitrogens with zero attached hydrogens (tertiary/aromatic N) is 2. The number of pyridine rings is 1. The lowest BCUT2D eigenvalue weighted by Gasteiger charge is -2.01. The minimum Gasteiger partial charge on any atom is -0.502 e. The molecule has 0 amide bonds. The fourth-order valence-corrected chi connectivity index (χ4v) is 1.65. The fourth-order valence-electron chi connectivity index (χ4n) is 1.65. The van der Waals surface area contributed by atoms with Crippen molar-refractivity contribution in [2.24, 2.45) is 0 Å². The van der Waals surface area contributed by atoms with Crippen molar-refractivity contribution in [2.75, 3.05) is 0 Å². The lowest BCUT2D eigenvalue weighted by molar-refractivity contribution is -0.599. The second-order valence-corrected chi connectivity index (χ2v) is 3.69. The number of phenolic OH excluding ortho intramolecular Hbond substituents is 1. The van der Waals surface area contributed by atoms with Crippen molar-refractivity contribution in [1.29, 1.82) is 0 Å². The van der Waals surface area contributed by atoms with Crippen molar-refractivity contribution in [1.82, 2.24) is 0 Å². The van der Waals surface area contributed by atoms with Crippen LogP contribution in [0.4, 0.5) is 5.69 Å². The van der Waals surface area contributed by atoms with Crippen molar-refractivity contribution in [3.63, 3.8) is 0 Å². The SMILES string of the molecule is O=C(O)c1cccc[n+]1-c1cc([N+](=O)[O-])ccc1O. The van der Waals surface area contributed by atoms with E-state index in [2.05, 4.69) is 0 Å². The highest BCUT2D eigenvalue weighted by atomic mass is 16.6. The molecule has 0 aliphatic rings. The number of nitro groups is 1. The van der Waals surface area contributed by atoms with E-state index in [1.54, 1.807) is 6.07 Å². The number of nitro benzene ring substituents is 1. The summed E-state index contributed by atoms with van der Waals surface area (Å²) in [4.78, 5) is 21.2. The molecule has 1 heterocycles. The average molecular weight is 261 g/mol. The predicted octanol–water partition coefficient (Wildman–Crippen LogP) is 1.28. The first-order valence-electron chi connectivity index (χ1n) is 5.22. The van der Waals surface area contributed by atoms with E-state index in [4.69, 9.17) is 5.11 Å². The molecule has 0 atom stereocenters. The largest absolute Gasteiger partial charge is 0.502 e. The molecule has 0 spiro atoms. The van der Waals surface area contributed by atoms with E-state index in [1.807, 2.05) is 0 Å². The molecule has 0 aliphatic heterocycles. The predicted molar refractivity (Wildman–Crippen MR) is 63.3 cm³/mol. The quantitative estimate of drug-likeness (QED) is 0.492. The molecule has 0 saturated carbocycles. The second-order valence-electron chi connectivity index (χ2n) is 3.69. The van der Waals surface area contributed by atoms with Crippen molar-refractivity contribution in [2.45, 2.75) is 0 Å². The number of carboxylic acid groups (broad SMARTS) is 1. The van der Waals surface area contributed by atoms with Crippen molar-refractivity contribution >= 4 is 11.7 Å². The van der Waals surface area contributed by atoms with Crippen LogP contribution in [0.5, 0.6) is 5.75 Å². The number of benzene rings is 1. The third-order valence-corrected chi connectivity index (χ3v) is 2.51. The number of aromatic nitrogens is 1. The lowest BCUT2D eigenvalue weighted by Crippen LogP contribution is -2.37. The number of hydrogen-bond donors (Lipinski definition) is 2. The van der Waals surface area contributed by atoms with Crippen molar-refractivity contribution in [3.05, 3.63) is 58.4 Å². The van der Waals surface area contributed by atoms with Gasteiger partial charge in [-0.25, -0.2) is 4.79 Å². The minimum absolute atomic E-state index is 0.0344. The molecule has 96 valence electrons. The number of phenols is 1. The summed E-state index contributed by atoms with van der Waals surface area (Å²) in [6, 6.07) is 7.82. The Morgan fingerprint density at radius 1 is 1.26 bits per heavy atom. The average Bonchev–Trinajstić information content (AvgIpc) is 2.39. The number of hydrogen-bond acceptors (Lipinski definition) is 4. The normalized spacial score (nSPS) is 10.1. The highest BCUT2D eigenvalue weighted by Gasteiger charge is 2.24. The lowest BCUT2D eigenvalue weighted by atomic mass is 10.2. The van der Waals surface area contributed by atoms with Crippen LogP contribution in [0.2, 0.25) is 0 Å². The smallest absolute Gasteiger partial charge is 0.401 e. The van der Waals surface area contributed by atoms with Crippen LogP contribution in [0.1, 0.15) is 10.5 Å². The van der Waals surface area contributed by atoms with Crippen LogP contribution in [0, 0.1) is 10.1 Å². The van der Waals surface area contributed by atoms with Crippen LogP contribution in [-0.2, 0) is 0 Å². The van der Waals surface area contributed by atoms with E-state index in [9.17, 15) is 20.0 Å². The number of rotatable bonds is 3. The summed E-state index contributed by atoms with van der Waals surface area (Å²) in [5, 5.41) is 29.5. The molecule has 2 aromatic rings. The molecule has 19 heavy (non-hydrogen) atoms. The molecule has 1 aromatic heterocycles. The van der Waals surface area contributed by atoms with Gasteiger partial charge in [0.1, 0.15) is 0 Å². The Morgan fingerprint density at radius 3 is 2.63 bits per heavy atom. The van der Waals surface area contributed by atoms with E-state index >= 15 is 0 Å². The molecule has 0 fully saturated rings. The number of carbonyl (C=O) groups is 1. The van der Waals surface area contributed by atoms with Gasteiger partial charge in [0.25, 0.3) is 17.1 Å². The molecule has 7 nitrogen and oxygen atoms in total. The van der Waals surface area contributed by atoms with Gasteiger partial charge in [-0.15, -0.1) is 0 Å². The van der Waals surface area contributed by atoms with Gasteiger partial charge in [0, 0.05) is 18.2 Å². The number of non-ortho nitro benzene ring substituents is 1. The standard InChI is InChI=1S/C12H8N2O5/c15-11-5-4-8(14(18)19)7-10(11)13-6-2-1-3-9(13)12(16)17/h1-7H,(H-,15,16,17)/p+1. The summed E-state index contributed by atoms with van der Waals surface area (Å²) in [5.74, 6) is -1.45. The first-order chi connectivity index (χ1) is 9.00. The zero-order valence-electron chi connectivity index (χ0n) is 9.56. The molecule has 7 heteroatoms. The van der Waals surface area contributed by atoms with E-state index in [0.29, 0.717) is 0 Å². The fraction of sp³-hybridized carbons (Fsp3) is 0. The molecule has 0 saturated heterocycles. The van der Waals surface area contributed by atoms with Crippen LogP contribution >= 0.6 is 0 Å². The van der Waals surface area contributed by atoms with Crippen LogP contribution in [0.15, 0.2) is 42.6 Å². The number of aromatic carboxylic acids is 1. The summed E-state index contributed by atoms with van der Waals surface area (Å²) in [6.07, 6.45) is 1.40. The Balaban J connectivity index is 2.68. The Morgan fingerprint density at radius 2 is 2.00 bits per heavy atom. The zero-order valence-corrected chi connectivity index (χ0v) is 9.56. The topological polar surface area (TPSA) is 105 Å². The Bertz CT molecular complexity index is 669. The van der Waals surface area contributed by atoms with Gasteiger partial charge in [-0.05, 0) is 12.1 Å². The summed E-state index contributed by atoms with van der Waals surface area (Å²) in [6.45, 7) is 0. The maximum atomic E-state index is 11.1. The summed E-state index contributed by atoms with van der Waals surface area (Å²) >= 11 is 0. The molecular weight excluding hydrogens is 252 g/mol. The van der Waals surface area contributed by atoms with Crippen LogP contribution in [0.3, 0.4) is 0 Å². The van der Waals surface area contributed by atoms with Gasteiger partial charge in [-0.2, -0.15) is 4.57 Å². The van der Waals surface area contributed by atoms with E-state index < -0.39 is 10.9 Å². The summed E-state index contributed by atoms with van der Waals surface area (Å²) in [7, 11) is 0. The Hall–Kier alpha value is -2.96. The monoisotopic (exact) mass is 261 g/mol. The molecule has 0 aliphatic carbocycles. The van der Waals surface area contributed by atoms with Gasteiger partial charge >= 0.3 is 5.97 Å². The number of aromatic hydroxyl groups is 1. The minimum atomic E-state index is -1.20. The van der Waals surface area contributed by atoms with Crippen LogP contribution < -0.4 is 4.57 Å². The zero-order chi connectivity index (χ0) is 14.0. The van der Waals surface area contributed by atoms with E-state index in [0.717, 1.165) is 18.2 Å². The first kappa shape index (κ1) is 12.5. The molecule has 2 rings (SSSR count). The molecule has 2 N–H and O–H groups in total. The van der Waals surface area contributed by atoms with Gasteiger partial charge in [-0.1, -0.05) is 0 Å². The second kappa shape index (κ2) is 4.73. The highest BCUT2D eigenvalue weighted by molar-refractivity contribution is 5.83. The van der Waals surface area contributed by atoms with E-state index in [1.165, 1.54) is 22.9 Å². The third-order valence-electron chi connectivity index (χ3n) is 2.51. The van der Waals surface area contributed by atoms with Gasteiger partial charge in [-0.3, -0.25) is 10.1 Å². The maximum Gasteiger partial charge on any atom is 0.401 e. The van der Waals surface area contributed by atoms with Crippen molar-refractivity contribution < 1.29 is 24.5 Å². The number of carboxylic acids is 1. The molecule has 1 aromatic carbocycles. The summed E-state index contributed by atoms with van der Waals surface area (Å²) in [5.41, 5.74) is -0.314. The van der Waals surface area contributed by atoms with Gasteiger partial charge in [0.15, 0.2) is 11.9 Å². The molecule has 0 unspecified atom stereocenters. The Labute approximate surface area is 107 Å². The summed E-state index contributed by atoms with van der Waals surface area (Å²) < 4.78 is 1.17. The van der Waals surface area contributed by atoms with E-state index in [-0.39, 0.29) is 22.8 Å². The van der Waals surface area contributed by atoms with Gasteiger partial charge in [0.05, 0.1) is 11.0 Å². The third kappa shape index (κ3) is 2.34. The molecule has 0 radical (unpaired) electrons. The van der Waals surface area contributed by atoms with Gasteiger partial charge in [0.2, 0.25) is 0 Å². The van der Waals surface area contributed by atoms with Gasteiger partial charge < -0.3 is 10.2 Å². The Kier molecular flexibility index (Phi) is 3.11. The first-order valence-corrected chi connectivity index (χ1v) is 5.22. The highest BCUT2D eigenvalue weighted by Crippen LogP contribution is 2.23. The van der Waals surface area contributed by atoms with Crippen LogP contribution in [-0.4, -0.2) is 21.1 Å².